The first-order valence-corrected chi connectivity index (χ1v) is 20.7. The fourth-order valence-corrected chi connectivity index (χ4v) is 5.63. The van der Waals surface area contributed by atoms with Crippen LogP contribution in [0.2, 0.25) is 0 Å². The van der Waals surface area contributed by atoms with Gasteiger partial charge < -0.3 is 34.0 Å². The molecule has 0 bridgehead atoms. The van der Waals surface area contributed by atoms with E-state index < -0.39 is 32.7 Å². The van der Waals surface area contributed by atoms with Crippen LogP contribution in [0.5, 0.6) is 0 Å². The van der Waals surface area contributed by atoms with Crippen LogP contribution in [0.15, 0.2) is 60.8 Å². The van der Waals surface area contributed by atoms with E-state index in [4.69, 9.17) is 9.05 Å². The van der Waals surface area contributed by atoms with Gasteiger partial charge in [-0.25, -0.2) is 0 Å². The molecule has 0 heterocycles. The third kappa shape index (κ3) is 33.3. The molecular formula is C40H73N2O7P. The number of aliphatic hydroxyl groups is 2. The summed E-state index contributed by atoms with van der Waals surface area (Å²) in [5.41, 5.74) is 0. The fourth-order valence-electron chi connectivity index (χ4n) is 4.91. The van der Waals surface area contributed by atoms with Crippen LogP contribution >= 0.6 is 7.82 Å². The second kappa shape index (κ2) is 31.9. The van der Waals surface area contributed by atoms with Crippen molar-refractivity contribution in [3.63, 3.8) is 0 Å². The van der Waals surface area contributed by atoms with Crippen molar-refractivity contribution < 1.29 is 38.0 Å². The molecule has 50 heavy (non-hydrogen) atoms. The van der Waals surface area contributed by atoms with Crippen molar-refractivity contribution in [2.24, 2.45) is 0 Å². The molecule has 0 saturated heterocycles. The molecule has 0 aliphatic heterocycles. The zero-order valence-electron chi connectivity index (χ0n) is 32.2. The summed E-state index contributed by atoms with van der Waals surface area (Å²) in [7, 11) is 1.18. The minimum atomic E-state index is -4.61. The number of nitrogens with one attached hydrogen (secondary N) is 1. The predicted octanol–water partition coefficient (Wildman–Crippen LogP) is 8.24. The van der Waals surface area contributed by atoms with Gasteiger partial charge in [0.15, 0.2) is 0 Å². The molecule has 0 aromatic rings. The molecule has 3 N–H and O–H groups in total. The number of unbranched alkanes of at least 4 members (excludes halogenated alkanes) is 12. The summed E-state index contributed by atoms with van der Waals surface area (Å²) in [5.74, 6) is -0.252. The second-order valence-corrected chi connectivity index (χ2v) is 15.5. The highest BCUT2D eigenvalue weighted by Crippen LogP contribution is 2.38. The van der Waals surface area contributed by atoms with Crippen LogP contribution in [-0.2, 0) is 18.4 Å². The van der Waals surface area contributed by atoms with Crippen molar-refractivity contribution in [1.29, 1.82) is 0 Å². The SMILES string of the molecule is CC/C=C/CC(O)/C=C/C=C/CCCCCCCC(=O)N[C@@H](COP(=O)([O-])OCC[N+](C)(C)C)[C@H](O)/C=C/CC/C=C\CCCCCCCC. The Balaban J connectivity index is 4.66. The third-order valence-corrected chi connectivity index (χ3v) is 9.01. The summed E-state index contributed by atoms with van der Waals surface area (Å²) in [6.07, 6.45) is 36.0. The van der Waals surface area contributed by atoms with E-state index in [1.165, 1.54) is 38.5 Å². The summed E-state index contributed by atoms with van der Waals surface area (Å²) in [4.78, 5) is 25.1. The highest BCUT2D eigenvalue weighted by molar-refractivity contribution is 7.45. The first-order valence-electron chi connectivity index (χ1n) is 19.3. The molecule has 1 amide bonds. The molecule has 2 unspecified atom stereocenters. The maximum Gasteiger partial charge on any atom is 0.268 e. The van der Waals surface area contributed by atoms with Crippen molar-refractivity contribution in [3.8, 4) is 0 Å². The van der Waals surface area contributed by atoms with Crippen molar-refractivity contribution in [2.75, 3.05) is 40.9 Å². The van der Waals surface area contributed by atoms with Gasteiger partial charge in [-0.05, 0) is 57.8 Å². The topological polar surface area (TPSA) is 128 Å². The molecule has 0 spiro atoms. The molecule has 0 radical (unpaired) electrons. The van der Waals surface area contributed by atoms with Gasteiger partial charge in [0.25, 0.3) is 7.82 Å². The van der Waals surface area contributed by atoms with Crippen molar-refractivity contribution in [3.05, 3.63) is 60.8 Å². The smallest absolute Gasteiger partial charge is 0.268 e. The van der Waals surface area contributed by atoms with Crippen LogP contribution in [0, 0.1) is 0 Å². The minimum absolute atomic E-state index is 0.0230. The van der Waals surface area contributed by atoms with Crippen LogP contribution < -0.4 is 10.2 Å². The zero-order valence-corrected chi connectivity index (χ0v) is 33.1. The zero-order chi connectivity index (χ0) is 37.4. The molecule has 0 fully saturated rings. The number of quaternary nitrogens is 1. The van der Waals surface area contributed by atoms with Gasteiger partial charge in [-0.15, -0.1) is 0 Å². The van der Waals surface area contributed by atoms with E-state index in [1.54, 1.807) is 12.2 Å². The van der Waals surface area contributed by atoms with Crippen LogP contribution in [0.3, 0.4) is 0 Å². The lowest BCUT2D eigenvalue weighted by Gasteiger charge is -2.29. The average Bonchev–Trinajstić information content (AvgIpc) is 3.05. The number of nitrogens with zero attached hydrogens (tertiary/aromatic N) is 1. The van der Waals surface area contributed by atoms with Crippen molar-refractivity contribution in [1.82, 2.24) is 5.32 Å². The molecule has 10 heteroatoms. The average molecular weight is 725 g/mol. The first kappa shape index (κ1) is 48.2. The highest BCUT2D eigenvalue weighted by atomic mass is 31.2. The Kier molecular flexibility index (Phi) is 30.7. The number of carbonyl (C=O) groups excluding carboxylic acids is 1. The molecule has 0 aliphatic carbocycles. The minimum Gasteiger partial charge on any atom is -0.756 e. The summed E-state index contributed by atoms with van der Waals surface area (Å²) < 4.78 is 23.0. The molecule has 0 aromatic carbocycles. The van der Waals surface area contributed by atoms with Gasteiger partial charge in [-0.3, -0.25) is 9.36 Å². The molecule has 290 valence electrons. The number of aliphatic hydroxyl groups excluding tert-OH is 2. The van der Waals surface area contributed by atoms with E-state index in [-0.39, 0.29) is 18.9 Å². The van der Waals surface area contributed by atoms with E-state index in [9.17, 15) is 24.5 Å². The van der Waals surface area contributed by atoms with E-state index >= 15 is 0 Å². The number of hydrogen-bond acceptors (Lipinski definition) is 7. The summed E-state index contributed by atoms with van der Waals surface area (Å²) in [6, 6.07) is -0.930. The number of allylic oxidation sites excluding steroid dienone is 7. The number of carbonyl (C=O) groups is 1. The van der Waals surface area contributed by atoms with Gasteiger partial charge >= 0.3 is 0 Å². The maximum absolute atomic E-state index is 12.8. The number of likely N-dealkylation sites (N-methyl/N-ethyl adjacent to an activating group) is 1. The van der Waals surface area contributed by atoms with Crippen LogP contribution in [0.4, 0.5) is 0 Å². The van der Waals surface area contributed by atoms with Crippen LogP contribution in [-0.4, -0.2) is 79.8 Å². The fraction of sp³-hybridized carbons (Fsp3) is 0.725. The standard InChI is InChI=1S/C40H73N2O7P/c1-6-8-10-11-12-13-14-15-18-21-24-28-32-39(44)38(36-49-50(46,47)48-35-34-42(3,4)5)41-40(45)33-29-25-22-19-16-17-20-23-27-31-37(43)30-26-9-7-2/h9,15,18,20,23,26-28,31-32,37-39,43-44H,6-8,10-14,16-17,19,21-22,24-25,29-30,33-36H2,1-5H3,(H-,41,45,46,47)/b18-15-,23-20+,26-9+,31-27+,32-28+/t37?,38-,39+/m0/s1. The van der Waals surface area contributed by atoms with Gasteiger partial charge in [0.1, 0.15) is 13.2 Å². The van der Waals surface area contributed by atoms with Crippen molar-refractivity contribution >= 4 is 13.7 Å². The Hall–Kier alpha value is -1.84. The normalized spacial score (nSPS) is 15.9. The molecule has 0 aromatic heterocycles. The highest BCUT2D eigenvalue weighted by Gasteiger charge is 2.23. The predicted molar refractivity (Wildman–Crippen MR) is 207 cm³/mol. The van der Waals surface area contributed by atoms with Gasteiger partial charge in [0.05, 0.1) is 46.0 Å². The summed E-state index contributed by atoms with van der Waals surface area (Å²) in [5, 5.41) is 23.5. The number of phosphoric acid groups is 1. The van der Waals surface area contributed by atoms with E-state index in [1.807, 2.05) is 45.4 Å². The number of hydrogen-bond donors (Lipinski definition) is 3. The lowest BCUT2D eigenvalue weighted by molar-refractivity contribution is -0.870. The van der Waals surface area contributed by atoms with Gasteiger partial charge in [-0.1, -0.05) is 126 Å². The lowest BCUT2D eigenvalue weighted by atomic mass is 10.1. The second-order valence-electron chi connectivity index (χ2n) is 14.1. The molecule has 0 saturated carbocycles. The van der Waals surface area contributed by atoms with Crippen LogP contribution in [0.25, 0.3) is 0 Å². The molecular weight excluding hydrogens is 651 g/mol. The lowest BCUT2D eigenvalue weighted by Crippen LogP contribution is -2.45. The first-order chi connectivity index (χ1) is 23.9. The maximum atomic E-state index is 12.8. The quantitative estimate of drug-likeness (QED) is 0.0205. The third-order valence-electron chi connectivity index (χ3n) is 8.04. The molecule has 4 atom stereocenters. The Morgan fingerprint density at radius 1 is 0.760 bits per heavy atom. The Morgan fingerprint density at radius 2 is 1.38 bits per heavy atom. The number of amides is 1. The summed E-state index contributed by atoms with van der Waals surface area (Å²) in [6.45, 7) is 4.33. The Bertz CT molecular complexity index is 1020. The van der Waals surface area contributed by atoms with Crippen molar-refractivity contribution in [2.45, 2.75) is 148 Å². The largest absolute Gasteiger partial charge is 0.756 e. The Morgan fingerprint density at radius 3 is 2.06 bits per heavy atom. The number of rotatable bonds is 33. The monoisotopic (exact) mass is 725 g/mol. The molecule has 9 nitrogen and oxygen atoms in total. The van der Waals surface area contributed by atoms with Crippen LogP contribution in [0.1, 0.15) is 129 Å². The van der Waals surface area contributed by atoms with E-state index in [0.717, 1.165) is 57.8 Å². The van der Waals surface area contributed by atoms with E-state index in [2.05, 4.69) is 43.5 Å². The Labute approximate surface area is 305 Å². The molecule has 0 rings (SSSR count). The number of phosphoric ester groups is 1. The van der Waals surface area contributed by atoms with E-state index in [0.29, 0.717) is 23.9 Å². The van der Waals surface area contributed by atoms with Gasteiger partial charge in [-0.2, -0.15) is 0 Å². The molecule has 0 aliphatic rings. The summed E-state index contributed by atoms with van der Waals surface area (Å²) >= 11 is 0. The van der Waals surface area contributed by atoms with Gasteiger partial charge in [0.2, 0.25) is 5.91 Å². The van der Waals surface area contributed by atoms with Gasteiger partial charge in [0, 0.05) is 6.42 Å².